The maximum absolute atomic E-state index is 5.38. The van der Waals surface area contributed by atoms with Gasteiger partial charge in [0.25, 0.3) is 0 Å². The molecule has 0 saturated heterocycles. The standard InChI is InChI=1S/C11H8S/c12-11-9-5-1-3-7(9)8-4-2-6-10(8)11/h1-2,5-6H,3-4H2. The summed E-state index contributed by atoms with van der Waals surface area (Å²) in [5, 5.41) is 0. The van der Waals surface area contributed by atoms with Crippen LogP contribution >= 0.6 is 12.2 Å². The van der Waals surface area contributed by atoms with Crippen LogP contribution in [-0.2, 0) is 0 Å². The summed E-state index contributed by atoms with van der Waals surface area (Å²) in [6, 6.07) is 0. The highest BCUT2D eigenvalue weighted by Gasteiger charge is 2.29. The van der Waals surface area contributed by atoms with Gasteiger partial charge in [-0.15, -0.1) is 0 Å². The number of hydrogen-bond acceptors (Lipinski definition) is 1. The molecule has 0 radical (unpaired) electrons. The summed E-state index contributed by atoms with van der Waals surface area (Å²) in [5.74, 6) is 0. The van der Waals surface area contributed by atoms with Gasteiger partial charge in [-0.05, 0) is 35.1 Å². The van der Waals surface area contributed by atoms with Gasteiger partial charge in [-0.2, -0.15) is 0 Å². The van der Waals surface area contributed by atoms with E-state index in [0.717, 1.165) is 17.7 Å². The first-order valence-corrected chi connectivity index (χ1v) is 4.63. The molecule has 0 N–H and O–H groups in total. The van der Waals surface area contributed by atoms with Crippen LogP contribution in [0.4, 0.5) is 0 Å². The van der Waals surface area contributed by atoms with Gasteiger partial charge in [-0.1, -0.05) is 36.5 Å². The van der Waals surface area contributed by atoms with E-state index in [1.54, 1.807) is 0 Å². The first-order chi connectivity index (χ1) is 5.88. The Hall–Kier alpha value is -0.950. The Balaban J connectivity index is 2.20. The van der Waals surface area contributed by atoms with Gasteiger partial charge >= 0.3 is 0 Å². The molecule has 1 heteroatoms. The normalized spacial score (nSPS) is 24.5. The lowest BCUT2D eigenvalue weighted by Crippen LogP contribution is -1.93. The second kappa shape index (κ2) is 2.05. The Labute approximate surface area is 77.0 Å². The van der Waals surface area contributed by atoms with Crippen molar-refractivity contribution in [1.82, 2.24) is 0 Å². The molecular weight excluding hydrogens is 164 g/mol. The van der Waals surface area contributed by atoms with E-state index in [1.807, 2.05) is 0 Å². The van der Waals surface area contributed by atoms with Crippen LogP contribution in [0.1, 0.15) is 12.8 Å². The summed E-state index contributed by atoms with van der Waals surface area (Å²) in [5.41, 5.74) is 5.61. The van der Waals surface area contributed by atoms with Crippen LogP contribution in [0.2, 0.25) is 0 Å². The topological polar surface area (TPSA) is 0 Å². The number of allylic oxidation sites excluding steroid dienone is 8. The zero-order chi connectivity index (χ0) is 8.13. The minimum Gasteiger partial charge on any atom is -0.0794 e. The fourth-order valence-corrected chi connectivity index (χ4v) is 2.53. The molecule has 0 aliphatic heterocycles. The monoisotopic (exact) mass is 172 g/mol. The smallest absolute Gasteiger partial charge is 0.0527 e. The minimum atomic E-state index is 1.07. The lowest BCUT2D eigenvalue weighted by molar-refractivity contribution is 1.18. The van der Waals surface area contributed by atoms with Crippen LogP contribution in [0.15, 0.2) is 46.6 Å². The van der Waals surface area contributed by atoms with Gasteiger partial charge in [0.2, 0.25) is 0 Å². The zero-order valence-corrected chi connectivity index (χ0v) is 7.45. The predicted octanol–water partition coefficient (Wildman–Crippen LogP) is 2.88. The van der Waals surface area contributed by atoms with E-state index in [1.165, 1.54) is 22.3 Å². The third kappa shape index (κ3) is 0.608. The van der Waals surface area contributed by atoms with E-state index in [4.69, 9.17) is 12.2 Å². The average Bonchev–Trinajstić information content (AvgIpc) is 2.72. The zero-order valence-electron chi connectivity index (χ0n) is 6.63. The third-order valence-electron chi connectivity index (χ3n) is 2.72. The highest BCUT2D eigenvalue weighted by Crippen LogP contribution is 2.42. The molecule has 12 heavy (non-hydrogen) atoms. The van der Waals surface area contributed by atoms with Crippen LogP contribution in [-0.4, -0.2) is 4.86 Å². The van der Waals surface area contributed by atoms with Gasteiger partial charge in [-0.25, -0.2) is 0 Å². The number of rotatable bonds is 0. The van der Waals surface area contributed by atoms with Gasteiger partial charge in [0.1, 0.15) is 0 Å². The van der Waals surface area contributed by atoms with Crippen molar-refractivity contribution in [3.63, 3.8) is 0 Å². The van der Waals surface area contributed by atoms with E-state index < -0.39 is 0 Å². The highest BCUT2D eigenvalue weighted by molar-refractivity contribution is 7.81. The third-order valence-corrected chi connectivity index (χ3v) is 3.16. The molecule has 0 fully saturated rings. The Morgan fingerprint density at radius 2 is 1.42 bits per heavy atom. The highest BCUT2D eigenvalue weighted by atomic mass is 32.1. The molecule has 0 aromatic heterocycles. The molecule has 58 valence electrons. The predicted molar refractivity (Wildman–Crippen MR) is 54.2 cm³/mol. The van der Waals surface area contributed by atoms with Crippen LogP contribution < -0.4 is 0 Å². The number of hydrogen-bond donors (Lipinski definition) is 0. The van der Waals surface area contributed by atoms with Crippen LogP contribution in [0, 0.1) is 0 Å². The van der Waals surface area contributed by atoms with Gasteiger partial charge in [0.15, 0.2) is 0 Å². The first-order valence-electron chi connectivity index (χ1n) is 4.22. The van der Waals surface area contributed by atoms with E-state index in [9.17, 15) is 0 Å². The molecule has 0 atom stereocenters. The molecule has 3 aliphatic carbocycles. The van der Waals surface area contributed by atoms with Crippen molar-refractivity contribution in [2.45, 2.75) is 12.8 Å². The van der Waals surface area contributed by atoms with E-state index >= 15 is 0 Å². The molecule has 0 spiro atoms. The molecule has 0 amide bonds. The van der Waals surface area contributed by atoms with Crippen molar-refractivity contribution < 1.29 is 0 Å². The van der Waals surface area contributed by atoms with Crippen molar-refractivity contribution in [3.8, 4) is 0 Å². The van der Waals surface area contributed by atoms with Crippen LogP contribution in [0.25, 0.3) is 0 Å². The van der Waals surface area contributed by atoms with Gasteiger partial charge in [0, 0.05) is 0 Å². The fraction of sp³-hybridized carbons (Fsp3) is 0.182. The van der Waals surface area contributed by atoms with Crippen LogP contribution in [0.5, 0.6) is 0 Å². The summed E-state index contributed by atoms with van der Waals surface area (Å²) in [6.45, 7) is 0. The van der Waals surface area contributed by atoms with E-state index in [0.29, 0.717) is 0 Å². The lowest BCUT2D eigenvalue weighted by Gasteiger charge is -1.98. The summed E-state index contributed by atoms with van der Waals surface area (Å²) < 4.78 is 0. The quantitative estimate of drug-likeness (QED) is 0.506. The van der Waals surface area contributed by atoms with Gasteiger partial charge in [-0.3, -0.25) is 0 Å². The Kier molecular flexibility index (Phi) is 1.12. The molecule has 3 rings (SSSR count). The summed E-state index contributed by atoms with van der Waals surface area (Å²) in [6.07, 6.45) is 10.9. The Morgan fingerprint density at radius 3 is 1.92 bits per heavy atom. The number of fused-ring (bicyclic) bond motifs is 1. The molecule has 0 nitrogen and oxygen atoms in total. The van der Waals surface area contributed by atoms with Crippen molar-refractivity contribution >= 4 is 17.1 Å². The van der Waals surface area contributed by atoms with Crippen molar-refractivity contribution in [3.05, 3.63) is 46.6 Å². The minimum absolute atomic E-state index is 1.07. The second-order valence-corrected chi connectivity index (χ2v) is 3.73. The average molecular weight is 172 g/mol. The summed E-state index contributed by atoms with van der Waals surface area (Å²) >= 11 is 5.38. The van der Waals surface area contributed by atoms with Crippen molar-refractivity contribution in [2.24, 2.45) is 0 Å². The lowest BCUT2D eigenvalue weighted by atomic mass is 10.1. The molecule has 0 aromatic rings. The molecule has 0 unspecified atom stereocenters. The van der Waals surface area contributed by atoms with Crippen molar-refractivity contribution in [1.29, 1.82) is 0 Å². The Morgan fingerprint density at radius 1 is 0.917 bits per heavy atom. The second-order valence-electron chi connectivity index (χ2n) is 3.33. The molecule has 0 saturated carbocycles. The van der Waals surface area contributed by atoms with E-state index in [2.05, 4.69) is 24.3 Å². The van der Waals surface area contributed by atoms with E-state index in [-0.39, 0.29) is 0 Å². The summed E-state index contributed by atoms with van der Waals surface area (Å²) in [4.78, 5) is 1.07. The molecule has 0 aromatic carbocycles. The molecule has 3 aliphatic rings. The van der Waals surface area contributed by atoms with Gasteiger partial charge in [0.05, 0.1) is 4.86 Å². The first kappa shape index (κ1) is 6.55. The maximum Gasteiger partial charge on any atom is 0.0527 e. The SMILES string of the molecule is S=C1C2=C(CC=C2)C2=C1C=CC2. The van der Waals surface area contributed by atoms with Gasteiger partial charge < -0.3 is 0 Å². The summed E-state index contributed by atoms with van der Waals surface area (Å²) in [7, 11) is 0. The fourth-order valence-electron chi connectivity index (χ4n) is 2.15. The largest absolute Gasteiger partial charge is 0.0794 e. The maximum atomic E-state index is 5.38. The van der Waals surface area contributed by atoms with Crippen molar-refractivity contribution in [2.75, 3.05) is 0 Å². The number of thiocarbonyl (C=S) groups is 1. The van der Waals surface area contributed by atoms with Crippen LogP contribution in [0.3, 0.4) is 0 Å². The Bertz CT molecular complexity index is 365. The molecule has 0 heterocycles. The molecule has 0 bridgehead atoms. The molecular formula is C11H8S.